The Morgan fingerprint density at radius 1 is 1.39 bits per heavy atom. The van der Waals surface area contributed by atoms with Crippen molar-refractivity contribution in [3.63, 3.8) is 0 Å². The minimum atomic E-state index is -0.534. The number of pyridine rings is 1. The van der Waals surface area contributed by atoms with E-state index in [0.29, 0.717) is 5.65 Å². The summed E-state index contributed by atoms with van der Waals surface area (Å²) in [6, 6.07) is 6.90. The molecule has 0 unspecified atom stereocenters. The summed E-state index contributed by atoms with van der Waals surface area (Å²) in [4.78, 5) is 29.8. The van der Waals surface area contributed by atoms with Crippen LogP contribution in [0, 0.1) is 0 Å². The van der Waals surface area contributed by atoms with Crippen LogP contribution in [-0.4, -0.2) is 27.4 Å². The van der Waals surface area contributed by atoms with E-state index in [0.717, 1.165) is 10.9 Å². The van der Waals surface area contributed by atoms with E-state index >= 15 is 0 Å². The summed E-state index contributed by atoms with van der Waals surface area (Å²) in [5.74, 6) is -0.534. The molecule has 0 aliphatic rings. The summed E-state index contributed by atoms with van der Waals surface area (Å²) in [6.45, 7) is 0. The smallest absolute Gasteiger partial charge is 0.356 e. The molecule has 0 fully saturated rings. The fourth-order valence-electron chi connectivity index (χ4n) is 1.92. The lowest BCUT2D eigenvalue weighted by Gasteiger charge is -2.03. The van der Waals surface area contributed by atoms with Gasteiger partial charge in [0.1, 0.15) is 5.65 Å². The minimum absolute atomic E-state index is 0.163. The normalized spacial score (nSPS) is 10.9. The van der Waals surface area contributed by atoms with Crippen LogP contribution in [0.5, 0.6) is 0 Å². The number of carbonyl (C=O) groups is 1. The second-order valence-electron chi connectivity index (χ2n) is 3.78. The molecule has 3 rings (SSSR count). The highest BCUT2D eigenvalue weighted by atomic mass is 16.5. The first-order valence-corrected chi connectivity index (χ1v) is 5.29. The van der Waals surface area contributed by atoms with E-state index in [1.165, 1.54) is 11.5 Å². The Labute approximate surface area is 101 Å². The van der Waals surface area contributed by atoms with Gasteiger partial charge in [-0.15, -0.1) is 0 Å². The molecule has 0 atom stereocenters. The number of aromatic nitrogens is 3. The molecule has 0 saturated carbocycles. The van der Waals surface area contributed by atoms with Crippen molar-refractivity contribution in [3.05, 3.63) is 46.6 Å². The molecule has 0 saturated heterocycles. The lowest BCUT2D eigenvalue weighted by Crippen LogP contribution is -2.16. The first-order valence-electron chi connectivity index (χ1n) is 5.29. The van der Waals surface area contributed by atoms with Gasteiger partial charge in [0.15, 0.2) is 5.69 Å². The summed E-state index contributed by atoms with van der Waals surface area (Å²) >= 11 is 0. The van der Waals surface area contributed by atoms with Gasteiger partial charge in [-0.2, -0.15) is 0 Å². The summed E-state index contributed by atoms with van der Waals surface area (Å²) in [6.07, 6.45) is 1.67. The number of nitrogens with one attached hydrogen (secondary N) is 1. The quantitative estimate of drug-likeness (QED) is 0.646. The SMILES string of the molecule is COC(=O)c1ccc2c(n1)[nH]c(=O)n1cccc21. The Morgan fingerprint density at radius 3 is 3.00 bits per heavy atom. The fraction of sp³-hybridized carbons (Fsp3) is 0.0833. The second kappa shape index (κ2) is 3.69. The molecule has 18 heavy (non-hydrogen) atoms. The van der Waals surface area contributed by atoms with E-state index in [1.807, 2.05) is 6.07 Å². The zero-order valence-corrected chi connectivity index (χ0v) is 9.51. The van der Waals surface area contributed by atoms with Crippen molar-refractivity contribution in [2.75, 3.05) is 7.11 Å². The molecular weight excluding hydrogens is 234 g/mol. The van der Waals surface area contributed by atoms with E-state index in [2.05, 4.69) is 14.7 Å². The highest BCUT2D eigenvalue weighted by molar-refractivity contribution is 5.95. The standard InChI is InChI=1S/C12H9N3O3/c1-18-11(16)8-5-4-7-9-3-2-6-15(9)12(17)14-10(7)13-8/h2-6H,1H3,(H,13,14,17). The molecule has 90 valence electrons. The molecule has 1 N–H and O–H groups in total. The number of ether oxygens (including phenoxy) is 1. The number of esters is 1. The van der Waals surface area contributed by atoms with E-state index in [-0.39, 0.29) is 11.4 Å². The zero-order valence-electron chi connectivity index (χ0n) is 9.51. The Balaban J connectivity index is 2.39. The average Bonchev–Trinajstić information content (AvgIpc) is 2.87. The van der Waals surface area contributed by atoms with Gasteiger partial charge < -0.3 is 4.74 Å². The van der Waals surface area contributed by atoms with Gasteiger partial charge in [0.2, 0.25) is 0 Å². The first kappa shape index (κ1) is 10.5. The van der Waals surface area contributed by atoms with E-state index in [9.17, 15) is 9.59 Å². The number of H-pyrrole nitrogens is 1. The molecule has 0 aliphatic carbocycles. The molecule has 3 aromatic rings. The Kier molecular flexibility index (Phi) is 2.16. The van der Waals surface area contributed by atoms with Crippen LogP contribution in [0.2, 0.25) is 0 Å². The predicted octanol–water partition coefficient (Wildman–Crippen LogP) is 0.962. The number of fused-ring (bicyclic) bond motifs is 3. The van der Waals surface area contributed by atoms with Crippen LogP contribution < -0.4 is 5.69 Å². The predicted molar refractivity (Wildman–Crippen MR) is 64.7 cm³/mol. The number of aromatic amines is 1. The summed E-state index contributed by atoms with van der Waals surface area (Å²) in [5.41, 5.74) is 0.986. The number of nitrogens with zero attached hydrogens (tertiary/aromatic N) is 2. The van der Waals surface area contributed by atoms with Crippen molar-refractivity contribution in [1.29, 1.82) is 0 Å². The van der Waals surface area contributed by atoms with E-state index in [1.54, 1.807) is 24.4 Å². The van der Waals surface area contributed by atoms with Crippen LogP contribution in [0.15, 0.2) is 35.3 Å². The lowest BCUT2D eigenvalue weighted by molar-refractivity contribution is 0.0594. The summed E-state index contributed by atoms with van der Waals surface area (Å²) in [7, 11) is 1.28. The Hall–Kier alpha value is -2.63. The van der Waals surface area contributed by atoms with Crippen LogP contribution in [0.1, 0.15) is 10.5 Å². The first-order chi connectivity index (χ1) is 8.70. The molecular formula is C12H9N3O3. The maximum absolute atomic E-state index is 11.8. The molecule has 0 bridgehead atoms. The number of methoxy groups -OCH3 is 1. The monoisotopic (exact) mass is 243 g/mol. The van der Waals surface area contributed by atoms with Crippen molar-refractivity contribution in [2.24, 2.45) is 0 Å². The lowest BCUT2D eigenvalue weighted by atomic mass is 10.2. The third-order valence-corrected chi connectivity index (χ3v) is 2.76. The van der Waals surface area contributed by atoms with Gasteiger partial charge in [0.05, 0.1) is 12.6 Å². The molecule has 3 heterocycles. The number of hydrogen-bond donors (Lipinski definition) is 1. The largest absolute Gasteiger partial charge is 0.464 e. The molecule has 3 aromatic heterocycles. The van der Waals surface area contributed by atoms with Crippen LogP contribution in [0.4, 0.5) is 0 Å². The van der Waals surface area contributed by atoms with E-state index in [4.69, 9.17) is 0 Å². The summed E-state index contributed by atoms with van der Waals surface area (Å²) < 4.78 is 6.08. The van der Waals surface area contributed by atoms with Crippen LogP contribution in [-0.2, 0) is 4.74 Å². The van der Waals surface area contributed by atoms with Crippen molar-refractivity contribution in [1.82, 2.24) is 14.4 Å². The zero-order chi connectivity index (χ0) is 12.7. The fourth-order valence-corrected chi connectivity index (χ4v) is 1.92. The molecule has 6 nitrogen and oxygen atoms in total. The highest BCUT2D eigenvalue weighted by Gasteiger charge is 2.10. The van der Waals surface area contributed by atoms with Crippen molar-refractivity contribution in [2.45, 2.75) is 0 Å². The van der Waals surface area contributed by atoms with Crippen LogP contribution in [0.25, 0.3) is 16.6 Å². The van der Waals surface area contributed by atoms with Gasteiger partial charge in [0.25, 0.3) is 0 Å². The Morgan fingerprint density at radius 2 is 2.22 bits per heavy atom. The minimum Gasteiger partial charge on any atom is -0.464 e. The third kappa shape index (κ3) is 1.39. The average molecular weight is 243 g/mol. The highest BCUT2D eigenvalue weighted by Crippen LogP contribution is 2.15. The third-order valence-electron chi connectivity index (χ3n) is 2.76. The molecule has 6 heteroatoms. The number of rotatable bonds is 1. The maximum Gasteiger partial charge on any atom is 0.356 e. The topological polar surface area (TPSA) is 76.5 Å². The van der Waals surface area contributed by atoms with Gasteiger partial charge in [0, 0.05) is 11.6 Å². The van der Waals surface area contributed by atoms with Crippen molar-refractivity contribution >= 4 is 22.5 Å². The van der Waals surface area contributed by atoms with Crippen LogP contribution in [0.3, 0.4) is 0 Å². The van der Waals surface area contributed by atoms with Crippen molar-refractivity contribution in [3.8, 4) is 0 Å². The maximum atomic E-state index is 11.8. The molecule has 0 aromatic carbocycles. The summed E-state index contributed by atoms with van der Waals surface area (Å²) in [5, 5.41) is 0.771. The molecule has 0 spiro atoms. The molecule has 0 amide bonds. The van der Waals surface area contributed by atoms with Gasteiger partial charge >= 0.3 is 11.7 Å². The number of carbonyl (C=O) groups excluding carboxylic acids is 1. The molecule has 0 aliphatic heterocycles. The second-order valence-corrected chi connectivity index (χ2v) is 3.78. The van der Waals surface area contributed by atoms with Crippen LogP contribution >= 0.6 is 0 Å². The van der Waals surface area contributed by atoms with Gasteiger partial charge in [-0.1, -0.05) is 0 Å². The molecule has 0 radical (unpaired) electrons. The van der Waals surface area contributed by atoms with Gasteiger partial charge in [-0.05, 0) is 24.3 Å². The van der Waals surface area contributed by atoms with Crippen molar-refractivity contribution < 1.29 is 9.53 Å². The van der Waals surface area contributed by atoms with Gasteiger partial charge in [-0.3, -0.25) is 9.38 Å². The van der Waals surface area contributed by atoms with E-state index < -0.39 is 5.97 Å². The Bertz CT molecular complexity index is 816. The number of hydrogen-bond acceptors (Lipinski definition) is 4. The van der Waals surface area contributed by atoms with Gasteiger partial charge in [-0.25, -0.2) is 14.6 Å².